The second-order valence-corrected chi connectivity index (χ2v) is 8.16. The predicted molar refractivity (Wildman–Crippen MR) is 98.8 cm³/mol. The molecule has 1 aliphatic rings. The van der Waals surface area contributed by atoms with Crippen molar-refractivity contribution in [2.45, 2.75) is 46.1 Å². The zero-order chi connectivity index (χ0) is 15.9. The fourth-order valence-corrected chi connectivity index (χ4v) is 4.01. The molecule has 0 heterocycles. The highest BCUT2D eigenvalue weighted by molar-refractivity contribution is 9.10. The maximum atomic E-state index is 5.82. The van der Waals surface area contributed by atoms with Crippen molar-refractivity contribution in [1.82, 2.24) is 4.90 Å². The SMILES string of the molecule is CC(C)CN(Cc1ccccc1Br)CC1CCC(CN)CC1. The maximum Gasteiger partial charge on any atom is 0.0245 e. The summed E-state index contributed by atoms with van der Waals surface area (Å²) in [5.41, 5.74) is 7.22. The largest absolute Gasteiger partial charge is 0.330 e. The summed E-state index contributed by atoms with van der Waals surface area (Å²) < 4.78 is 1.23. The van der Waals surface area contributed by atoms with Crippen LogP contribution in [-0.4, -0.2) is 24.5 Å². The van der Waals surface area contributed by atoms with Gasteiger partial charge in [-0.05, 0) is 61.6 Å². The van der Waals surface area contributed by atoms with E-state index < -0.39 is 0 Å². The van der Waals surface area contributed by atoms with Crippen molar-refractivity contribution in [2.24, 2.45) is 23.5 Å². The van der Waals surface area contributed by atoms with Crippen LogP contribution < -0.4 is 5.73 Å². The van der Waals surface area contributed by atoms with Gasteiger partial charge >= 0.3 is 0 Å². The van der Waals surface area contributed by atoms with E-state index >= 15 is 0 Å². The van der Waals surface area contributed by atoms with Gasteiger partial charge in [0.1, 0.15) is 0 Å². The topological polar surface area (TPSA) is 29.3 Å². The van der Waals surface area contributed by atoms with Crippen LogP contribution in [0.15, 0.2) is 28.7 Å². The smallest absolute Gasteiger partial charge is 0.0245 e. The summed E-state index contributed by atoms with van der Waals surface area (Å²) in [5.74, 6) is 2.34. The van der Waals surface area contributed by atoms with E-state index in [0.29, 0.717) is 5.92 Å². The molecule has 2 nitrogen and oxygen atoms in total. The molecule has 0 bridgehead atoms. The van der Waals surface area contributed by atoms with E-state index in [2.05, 4.69) is 58.9 Å². The zero-order valence-electron chi connectivity index (χ0n) is 14.1. The first kappa shape index (κ1) is 18.0. The highest BCUT2D eigenvalue weighted by Gasteiger charge is 2.22. The molecule has 22 heavy (non-hydrogen) atoms. The van der Waals surface area contributed by atoms with Crippen LogP contribution in [0.1, 0.15) is 45.1 Å². The van der Waals surface area contributed by atoms with Crippen molar-refractivity contribution in [3.8, 4) is 0 Å². The predicted octanol–water partition coefficient (Wildman–Crippen LogP) is 4.67. The Morgan fingerprint density at radius 3 is 2.36 bits per heavy atom. The van der Waals surface area contributed by atoms with Gasteiger partial charge < -0.3 is 5.73 Å². The van der Waals surface area contributed by atoms with E-state index in [1.54, 1.807) is 0 Å². The number of nitrogens with two attached hydrogens (primary N) is 1. The van der Waals surface area contributed by atoms with Crippen LogP contribution in [-0.2, 0) is 6.54 Å². The molecule has 0 radical (unpaired) electrons. The Morgan fingerprint density at radius 1 is 1.14 bits per heavy atom. The molecule has 3 heteroatoms. The van der Waals surface area contributed by atoms with Crippen LogP contribution in [0.3, 0.4) is 0 Å². The molecule has 0 aromatic heterocycles. The summed E-state index contributed by atoms with van der Waals surface area (Å²) >= 11 is 3.69. The van der Waals surface area contributed by atoms with Crippen LogP contribution in [0, 0.1) is 17.8 Å². The number of rotatable bonds is 7. The lowest BCUT2D eigenvalue weighted by Gasteiger charge is -2.33. The third kappa shape index (κ3) is 5.68. The number of hydrogen-bond donors (Lipinski definition) is 1. The Labute approximate surface area is 144 Å². The molecule has 124 valence electrons. The lowest BCUT2D eigenvalue weighted by atomic mass is 9.81. The average molecular weight is 367 g/mol. The zero-order valence-corrected chi connectivity index (χ0v) is 15.7. The van der Waals surface area contributed by atoms with Crippen molar-refractivity contribution >= 4 is 15.9 Å². The first-order chi connectivity index (χ1) is 10.6. The van der Waals surface area contributed by atoms with Gasteiger partial charge in [-0.15, -0.1) is 0 Å². The molecule has 1 aromatic rings. The molecule has 0 saturated heterocycles. The van der Waals surface area contributed by atoms with E-state index in [1.165, 1.54) is 48.8 Å². The number of benzene rings is 1. The third-order valence-electron chi connectivity index (χ3n) is 4.79. The minimum Gasteiger partial charge on any atom is -0.330 e. The summed E-state index contributed by atoms with van der Waals surface area (Å²) in [6.07, 6.45) is 5.36. The van der Waals surface area contributed by atoms with Crippen LogP contribution in [0.5, 0.6) is 0 Å². The number of hydrogen-bond acceptors (Lipinski definition) is 2. The Kier molecular flexibility index (Phi) is 7.39. The van der Waals surface area contributed by atoms with Gasteiger partial charge in [-0.25, -0.2) is 0 Å². The molecule has 1 fully saturated rings. The van der Waals surface area contributed by atoms with Gasteiger partial charge in [0, 0.05) is 24.1 Å². The Balaban J connectivity index is 1.93. The summed E-state index contributed by atoms with van der Waals surface area (Å²) in [6, 6.07) is 8.62. The first-order valence-electron chi connectivity index (χ1n) is 8.74. The minimum absolute atomic E-state index is 0.711. The van der Waals surface area contributed by atoms with Crippen molar-refractivity contribution in [3.05, 3.63) is 34.3 Å². The number of nitrogens with zero attached hydrogens (tertiary/aromatic N) is 1. The monoisotopic (exact) mass is 366 g/mol. The fourth-order valence-electron chi connectivity index (χ4n) is 3.60. The molecule has 0 unspecified atom stereocenters. The van der Waals surface area contributed by atoms with Crippen molar-refractivity contribution in [1.29, 1.82) is 0 Å². The van der Waals surface area contributed by atoms with E-state index in [9.17, 15) is 0 Å². The van der Waals surface area contributed by atoms with Crippen LogP contribution in [0.4, 0.5) is 0 Å². The van der Waals surface area contributed by atoms with Gasteiger partial charge in [0.25, 0.3) is 0 Å². The molecule has 0 atom stereocenters. The van der Waals surface area contributed by atoms with E-state index in [0.717, 1.165) is 24.9 Å². The molecule has 1 aromatic carbocycles. The lowest BCUT2D eigenvalue weighted by Crippen LogP contribution is -2.34. The minimum atomic E-state index is 0.711. The molecular formula is C19H31BrN2. The van der Waals surface area contributed by atoms with Crippen molar-refractivity contribution in [3.63, 3.8) is 0 Å². The van der Waals surface area contributed by atoms with Crippen LogP contribution >= 0.6 is 15.9 Å². The molecule has 2 N–H and O–H groups in total. The molecule has 0 aliphatic heterocycles. The molecule has 0 spiro atoms. The molecular weight excluding hydrogens is 336 g/mol. The molecule has 1 saturated carbocycles. The van der Waals surface area contributed by atoms with Gasteiger partial charge in [-0.3, -0.25) is 4.90 Å². The maximum absolute atomic E-state index is 5.82. The van der Waals surface area contributed by atoms with E-state index in [1.807, 2.05) is 0 Å². The van der Waals surface area contributed by atoms with Gasteiger partial charge in [-0.2, -0.15) is 0 Å². The molecule has 1 aliphatic carbocycles. The third-order valence-corrected chi connectivity index (χ3v) is 5.56. The molecule has 2 rings (SSSR count). The van der Waals surface area contributed by atoms with Crippen molar-refractivity contribution in [2.75, 3.05) is 19.6 Å². The lowest BCUT2D eigenvalue weighted by molar-refractivity contribution is 0.162. The second kappa shape index (κ2) is 9.05. The quantitative estimate of drug-likeness (QED) is 0.759. The van der Waals surface area contributed by atoms with Crippen LogP contribution in [0.2, 0.25) is 0 Å². The van der Waals surface area contributed by atoms with E-state index in [-0.39, 0.29) is 0 Å². The summed E-state index contributed by atoms with van der Waals surface area (Å²) in [6.45, 7) is 8.97. The van der Waals surface area contributed by atoms with Gasteiger partial charge in [0.15, 0.2) is 0 Å². The fraction of sp³-hybridized carbons (Fsp3) is 0.684. The highest BCUT2D eigenvalue weighted by Crippen LogP contribution is 2.29. The average Bonchev–Trinajstić information content (AvgIpc) is 2.50. The summed E-state index contributed by atoms with van der Waals surface area (Å²) in [5, 5.41) is 0. The van der Waals surface area contributed by atoms with Crippen LogP contribution in [0.25, 0.3) is 0 Å². The van der Waals surface area contributed by atoms with Gasteiger partial charge in [0.2, 0.25) is 0 Å². The Hall–Kier alpha value is -0.380. The Bertz CT molecular complexity index is 439. The highest BCUT2D eigenvalue weighted by atomic mass is 79.9. The first-order valence-corrected chi connectivity index (χ1v) is 9.53. The van der Waals surface area contributed by atoms with Gasteiger partial charge in [0.05, 0.1) is 0 Å². The normalized spacial score (nSPS) is 22.5. The van der Waals surface area contributed by atoms with Crippen molar-refractivity contribution < 1.29 is 0 Å². The van der Waals surface area contributed by atoms with Gasteiger partial charge in [-0.1, -0.05) is 48.0 Å². The molecule has 0 amide bonds. The summed E-state index contributed by atoms with van der Waals surface area (Å²) in [4.78, 5) is 2.65. The second-order valence-electron chi connectivity index (χ2n) is 7.30. The Morgan fingerprint density at radius 2 is 1.77 bits per heavy atom. The standard InChI is InChI=1S/C19H31BrN2/c1-15(2)12-22(14-18-5-3-4-6-19(18)20)13-17-9-7-16(11-21)8-10-17/h3-6,15-17H,7-14,21H2,1-2H3. The number of halogens is 1. The summed E-state index contributed by atoms with van der Waals surface area (Å²) in [7, 11) is 0. The van der Waals surface area contributed by atoms with E-state index in [4.69, 9.17) is 5.73 Å².